The Balaban J connectivity index is 2.41. The SMILES string of the molecule is N#CC(NC(=O)CBr)SCc1ccccc1. The van der Waals surface area contributed by atoms with Crippen molar-refractivity contribution >= 4 is 33.6 Å². The molecule has 0 radical (unpaired) electrons. The third-order valence-electron chi connectivity index (χ3n) is 1.79. The highest BCUT2D eigenvalue weighted by Crippen LogP contribution is 2.15. The van der Waals surface area contributed by atoms with Gasteiger partial charge >= 0.3 is 0 Å². The van der Waals surface area contributed by atoms with Crippen LogP contribution >= 0.6 is 27.7 Å². The molecular formula is C11H11BrN2OS. The summed E-state index contributed by atoms with van der Waals surface area (Å²) >= 11 is 4.44. The van der Waals surface area contributed by atoms with Crippen molar-refractivity contribution in [3.05, 3.63) is 35.9 Å². The molecule has 5 heteroatoms. The molecule has 0 saturated carbocycles. The van der Waals surface area contributed by atoms with Gasteiger partial charge in [-0.3, -0.25) is 4.79 Å². The van der Waals surface area contributed by atoms with E-state index in [1.165, 1.54) is 11.8 Å². The Labute approximate surface area is 107 Å². The normalized spacial score (nSPS) is 11.5. The number of hydrogen-bond donors (Lipinski definition) is 1. The number of alkyl halides is 1. The van der Waals surface area contributed by atoms with Gasteiger partial charge in [0.25, 0.3) is 0 Å². The summed E-state index contributed by atoms with van der Waals surface area (Å²) in [5.41, 5.74) is 1.14. The molecule has 1 rings (SSSR count). The summed E-state index contributed by atoms with van der Waals surface area (Å²) in [5, 5.41) is 11.2. The summed E-state index contributed by atoms with van der Waals surface area (Å²) < 4.78 is 0. The number of hydrogen-bond acceptors (Lipinski definition) is 3. The molecule has 1 N–H and O–H groups in total. The van der Waals surface area contributed by atoms with Crippen molar-refractivity contribution in [3.8, 4) is 6.07 Å². The first-order valence-corrected chi connectivity index (χ1v) is 6.83. The van der Waals surface area contributed by atoms with Crippen LogP contribution in [0.4, 0.5) is 0 Å². The lowest BCUT2D eigenvalue weighted by molar-refractivity contribution is -0.118. The van der Waals surface area contributed by atoms with Gasteiger partial charge < -0.3 is 5.32 Å². The van der Waals surface area contributed by atoms with E-state index in [0.29, 0.717) is 5.75 Å². The van der Waals surface area contributed by atoms with Crippen LogP contribution in [0.25, 0.3) is 0 Å². The molecule has 16 heavy (non-hydrogen) atoms. The third-order valence-corrected chi connectivity index (χ3v) is 3.36. The number of rotatable bonds is 5. The molecule has 0 aliphatic carbocycles. The summed E-state index contributed by atoms with van der Waals surface area (Å²) in [4.78, 5) is 11.1. The fourth-order valence-electron chi connectivity index (χ4n) is 1.05. The van der Waals surface area contributed by atoms with Gasteiger partial charge in [-0.05, 0) is 5.56 Å². The lowest BCUT2D eigenvalue weighted by Crippen LogP contribution is -2.32. The smallest absolute Gasteiger partial charge is 0.232 e. The molecule has 1 aromatic rings. The van der Waals surface area contributed by atoms with Crippen LogP contribution in [0.15, 0.2) is 30.3 Å². The molecule has 84 valence electrons. The quantitative estimate of drug-likeness (QED) is 0.670. The highest BCUT2D eigenvalue weighted by Gasteiger charge is 2.10. The van der Waals surface area contributed by atoms with Gasteiger partial charge in [-0.1, -0.05) is 46.3 Å². The van der Waals surface area contributed by atoms with Crippen molar-refractivity contribution in [2.45, 2.75) is 11.1 Å². The predicted molar refractivity (Wildman–Crippen MR) is 69.1 cm³/mol. The lowest BCUT2D eigenvalue weighted by atomic mass is 10.2. The maximum atomic E-state index is 11.1. The van der Waals surface area contributed by atoms with Crippen molar-refractivity contribution in [2.75, 3.05) is 5.33 Å². The summed E-state index contributed by atoms with van der Waals surface area (Å²) in [6, 6.07) is 11.9. The number of carbonyl (C=O) groups is 1. The summed E-state index contributed by atoms with van der Waals surface area (Å²) in [7, 11) is 0. The topological polar surface area (TPSA) is 52.9 Å². The second kappa shape index (κ2) is 7.31. The van der Waals surface area contributed by atoms with Gasteiger partial charge in [-0.15, -0.1) is 11.8 Å². The first-order valence-electron chi connectivity index (χ1n) is 4.66. The molecule has 3 nitrogen and oxygen atoms in total. The molecule has 1 unspecified atom stereocenters. The number of nitriles is 1. The first-order chi connectivity index (χ1) is 7.76. The van der Waals surface area contributed by atoms with Crippen LogP contribution in [-0.4, -0.2) is 16.6 Å². The monoisotopic (exact) mass is 298 g/mol. The van der Waals surface area contributed by atoms with Gasteiger partial charge in [0, 0.05) is 5.75 Å². The Morgan fingerprint density at radius 3 is 2.75 bits per heavy atom. The second-order valence-electron chi connectivity index (χ2n) is 3.01. The third kappa shape index (κ3) is 4.69. The van der Waals surface area contributed by atoms with E-state index >= 15 is 0 Å². The fourth-order valence-corrected chi connectivity index (χ4v) is 2.05. The van der Waals surface area contributed by atoms with E-state index in [9.17, 15) is 4.79 Å². The van der Waals surface area contributed by atoms with Crippen molar-refractivity contribution in [1.82, 2.24) is 5.32 Å². The average Bonchev–Trinajstić information content (AvgIpc) is 2.35. The Hall–Kier alpha value is -0.990. The van der Waals surface area contributed by atoms with E-state index in [1.807, 2.05) is 36.4 Å². The lowest BCUT2D eigenvalue weighted by Gasteiger charge is -2.09. The molecule has 1 amide bonds. The van der Waals surface area contributed by atoms with Crippen molar-refractivity contribution < 1.29 is 4.79 Å². The predicted octanol–water partition coefficient (Wildman–Crippen LogP) is 2.28. The highest BCUT2D eigenvalue weighted by molar-refractivity contribution is 9.09. The van der Waals surface area contributed by atoms with Crippen molar-refractivity contribution in [1.29, 1.82) is 5.26 Å². The van der Waals surface area contributed by atoms with Gasteiger partial charge in [0.2, 0.25) is 5.91 Å². The molecule has 0 bridgehead atoms. The molecule has 0 saturated heterocycles. The zero-order chi connectivity index (χ0) is 11.8. The zero-order valence-electron chi connectivity index (χ0n) is 8.52. The standard InChI is InChI=1S/C11H11BrN2OS/c12-6-10(15)14-11(7-13)16-8-9-4-2-1-3-5-9/h1-5,11H,6,8H2,(H,14,15). The van der Waals surface area contributed by atoms with Gasteiger partial charge in [-0.25, -0.2) is 0 Å². The van der Waals surface area contributed by atoms with Crippen LogP contribution in [0.5, 0.6) is 0 Å². The first kappa shape index (κ1) is 13.1. The minimum absolute atomic E-state index is 0.174. The number of benzene rings is 1. The molecule has 0 heterocycles. The molecular weight excluding hydrogens is 288 g/mol. The number of thioether (sulfide) groups is 1. The molecule has 1 atom stereocenters. The minimum Gasteiger partial charge on any atom is -0.331 e. The van der Waals surface area contributed by atoms with E-state index in [4.69, 9.17) is 5.26 Å². The van der Waals surface area contributed by atoms with Crippen LogP contribution in [0.2, 0.25) is 0 Å². The van der Waals surface area contributed by atoms with E-state index < -0.39 is 5.37 Å². The Morgan fingerprint density at radius 2 is 2.19 bits per heavy atom. The van der Waals surface area contributed by atoms with E-state index in [-0.39, 0.29) is 11.2 Å². The largest absolute Gasteiger partial charge is 0.331 e. The highest BCUT2D eigenvalue weighted by atomic mass is 79.9. The van der Waals surface area contributed by atoms with Gasteiger partial charge in [0.15, 0.2) is 5.37 Å². The van der Waals surface area contributed by atoms with E-state index in [2.05, 4.69) is 21.2 Å². The van der Waals surface area contributed by atoms with Crippen LogP contribution in [0.3, 0.4) is 0 Å². The van der Waals surface area contributed by atoms with Crippen LogP contribution in [0.1, 0.15) is 5.56 Å². The average molecular weight is 299 g/mol. The summed E-state index contributed by atoms with van der Waals surface area (Å²) in [6.07, 6.45) is 0. The van der Waals surface area contributed by atoms with Crippen LogP contribution in [-0.2, 0) is 10.5 Å². The number of nitrogens with zero attached hydrogens (tertiary/aromatic N) is 1. The molecule has 1 aromatic carbocycles. The molecule has 0 aliphatic rings. The zero-order valence-corrected chi connectivity index (χ0v) is 10.9. The van der Waals surface area contributed by atoms with Crippen molar-refractivity contribution in [3.63, 3.8) is 0 Å². The number of halogens is 1. The Morgan fingerprint density at radius 1 is 1.50 bits per heavy atom. The molecule has 0 aromatic heterocycles. The maximum Gasteiger partial charge on any atom is 0.232 e. The van der Waals surface area contributed by atoms with Crippen molar-refractivity contribution in [2.24, 2.45) is 0 Å². The molecule has 0 spiro atoms. The number of nitrogens with one attached hydrogen (secondary N) is 1. The molecule has 0 aliphatic heterocycles. The summed E-state index contributed by atoms with van der Waals surface area (Å²) in [5.74, 6) is 0.536. The minimum atomic E-state index is -0.495. The summed E-state index contributed by atoms with van der Waals surface area (Å²) in [6.45, 7) is 0. The number of carbonyl (C=O) groups excluding carboxylic acids is 1. The van der Waals surface area contributed by atoms with Crippen LogP contribution in [0, 0.1) is 11.3 Å². The maximum absolute atomic E-state index is 11.1. The number of amides is 1. The second-order valence-corrected chi connectivity index (χ2v) is 4.66. The Kier molecular flexibility index (Phi) is 5.98. The fraction of sp³-hybridized carbons (Fsp3) is 0.273. The van der Waals surface area contributed by atoms with Gasteiger partial charge in [0.1, 0.15) is 0 Å². The van der Waals surface area contributed by atoms with Crippen LogP contribution < -0.4 is 5.32 Å². The Bertz CT molecular complexity index is 377. The van der Waals surface area contributed by atoms with Gasteiger partial charge in [0.05, 0.1) is 11.4 Å². The van der Waals surface area contributed by atoms with E-state index in [1.54, 1.807) is 0 Å². The van der Waals surface area contributed by atoms with Gasteiger partial charge in [-0.2, -0.15) is 5.26 Å². The van der Waals surface area contributed by atoms with E-state index in [0.717, 1.165) is 5.56 Å². The molecule has 0 fully saturated rings.